The molecule has 0 aliphatic rings. The lowest BCUT2D eigenvalue weighted by molar-refractivity contribution is -0.136. The topological polar surface area (TPSA) is 58.2 Å². The highest BCUT2D eigenvalue weighted by Crippen LogP contribution is 2.23. The van der Waals surface area contributed by atoms with Crippen LogP contribution in [-0.4, -0.2) is 11.8 Å². The maximum atomic E-state index is 13.4. The first kappa shape index (κ1) is 16.9. The van der Waals surface area contributed by atoms with Crippen molar-refractivity contribution in [2.24, 2.45) is 0 Å². The third-order valence-electron chi connectivity index (χ3n) is 3.10. The highest BCUT2D eigenvalue weighted by atomic mass is 35.5. The van der Waals surface area contributed by atoms with Crippen LogP contribution in [0.3, 0.4) is 0 Å². The average molecular weight is 339 g/mol. The van der Waals surface area contributed by atoms with E-state index in [1.54, 1.807) is 6.92 Å². The molecule has 0 aromatic heterocycles. The quantitative estimate of drug-likeness (QED) is 0.842. The fourth-order valence-corrected chi connectivity index (χ4v) is 2.27. The normalized spacial score (nSPS) is 11.7. The van der Waals surface area contributed by atoms with Gasteiger partial charge in [-0.1, -0.05) is 29.8 Å². The monoisotopic (exact) mass is 338 g/mol. The van der Waals surface area contributed by atoms with Crippen LogP contribution in [0, 0.1) is 11.6 Å². The number of halogens is 3. The number of nitrogens with one attached hydrogen (secondary N) is 2. The van der Waals surface area contributed by atoms with Gasteiger partial charge in [0, 0.05) is 5.02 Å². The van der Waals surface area contributed by atoms with E-state index >= 15 is 0 Å². The van der Waals surface area contributed by atoms with Crippen LogP contribution in [-0.2, 0) is 9.59 Å². The van der Waals surface area contributed by atoms with Crippen molar-refractivity contribution in [1.82, 2.24) is 5.32 Å². The van der Waals surface area contributed by atoms with Gasteiger partial charge in [-0.2, -0.15) is 0 Å². The summed E-state index contributed by atoms with van der Waals surface area (Å²) in [6, 6.07) is 8.58. The fraction of sp³-hybridized carbons (Fsp3) is 0.125. The SMILES string of the molecule is CC(NC(=O)C(=O)Nc1ccccc1F)c1ccc(F)cc1Cl. The summed E-state index contributed by atoms with van der Waals surface area (Å²) in [7, 11) is 0. The molecule has 0 spiro atoms. The Bertz CT molecular complexity index is 753. The van der Waals surface area contributed by atoms with Crippen LogP contribution in [0.2, 0.25) is 5.02 Å². The number of benzene rings is 2. The summed E-state index contributed by atoms with van der Waals surface area (Å²) in [5.41, 5.74) is 0.361. The molecular weight excluding hydrogens is 326 g/mol. The van der Waals surface area contributed by atoms with Gasteiger partial charge in [0.15, 0.2) is 0 Å². The minimum absolute atomic E-state index is 0.0971. The molecule has 1 atom stereocenters. The highest BCUT2D eigenvalue weighted by molar-refractivity contribution is 6.39. The maximum Gasteiger partial charge on any atom is 0.313 e. The van der Waals surface area contributed by atoms with Crippen molar-refractivity contribution in [3.8, 4) is 0 Å². The second-order valence-electron chi connectivity index (χ2n) is 4.79. The van der Waals surface area contributed by atoms with E-state index in [-0.39, 0.29) is 10.7 Å². The molecule has 2 rings (SSSR count). The van der Waals surface area contributed by atoms with Crippen molar-refractivity contribution in [3.63, 3.8) is 0 Å². The lowest BCUT2D eigenvalue weighted by Gasteiger charge is -2.15. The smallest absolute Gasteiger partial charge is 0.313 e. The number of para-hydroxylation sites is 1. The molecule has 0 fully saturated rings. The lowest BCUT2D eigenvalue weighted by Crippen LogP contribution is -2.37. The zero-order chi connectivity index (χ0) is 17.0. The van der Waals surface area contributed by atoms with E-state index in [1.807, 2.05) is 0 Å². The third kappa shape index (κ3) is 4.26. The molecule has 7 heteroatoms. The number of hydrogen-bond acceptors (Lipinski definition) is 2. The number of carbonyl (C=O) groups excluding carboxylic acids is 2. The molecule has 2 aromatic carbocycles. The van der Waals surface area contributed by atoms with Crippen LogP contribution >= 0.6 is 11.6 Å². The average Bonchev–Trinajstić information content (AvgIpc) is 2.49. The Hall–Kier alpha value is -2.47. The number of anilines is 1. The Morgan fingerprint density at radius 1 is 1.09 bits per heavy atom. The van der Waals surface area contributed by atoms with Gasteiger partial charge in [0.2, 0.25) is 0 Å². The van der Waals surface area contributed by atoms with Gasteiger partial charge >= 0.3 is 11.8 Å². The minimum atomic E-state index is -1.01. The summed E-state index contributed by atoms with van der Waals surface area (Å²) in [6.45, 7) is 1.59. The molecule has 4 nitrogen and oxygen atoms in total. The van der Waals surface area contributed by atoms with Gasteiger partial charge in [-0.05, 0) is 36.8 Å². The summed E-state index contributed by atoms with van der Waals surface area (Å²) in [4.78, 5) is 23.6. The molecule has 1 unspecified atom stereocenters. The molecule has 0 saturated carbocycles. The molecule has 120 valence electrons. The molecule has 0 bridgehead atoms. The molecule has 2 aromatic rings. The van der Waals surface area contributed by atoms with Gasteiger partial charge in [0.25, 0.3) is 0 Å². The Labute approximate surface area is 136 Å². The Kier molecular flexibility index (Phi) is 5.28. The van der Waals surface area contributed by atoms with E-state index in [0.717, 1.165) is 12.1 Å². The predicted octanol–water partition coefficient (Wildman–Crippen LogP) is 3.43. The summed E-state index contributed by atoms with van der Waals surface area (Å²) >= 11 is 5.90. The number of amides is 2. The highest BCUT2D eigenvalue weighted by Gasteiger charge is 2.19. The van der Waals surface area contributed by atoms with Crippen LogP contribution < -0.4 is 10.6 Å². The predicted molar refractivity (Wildman–Crippen MR) is 83.0 cm³/mol. The van der Waals surface area contributed by atoms with Gasteiger partial charge in [-0.25, -0.2) is 8.78 Å². The molecule has 0 aliphatic carbocycles. The Morgan fingerprint density at radius 3 is 2.43 bits per heavy atom. The van der Waals surface area contributed by atoms with Crippen LogP contribution in [0.5, 0.6) is 0 Å². The minimum Gasteiger partial charge on any atom is -0.341 e. The van der Waals surface area contributed by atoms with Crippen LogP contribution in [0.15, 0.2) is 42.5 Å². The summed E-state index contributed by atoms with van der Waals surface area (Å²) < 4.78 is 26.4. The fourth-order valence-electron chi connectivity index (χ4n) is 1.93. The summed E-state index contributed by atoms with van der Waals surface area (Å²) in [6.07, 6.45) is 0. The van der Waals surface area contributed by atoms with Crippen molar-refractivity contribution < 1.29 is 18.4 Å². The molecule has 2 amide bonds. The first-order valence-corrected chi connectivity index (χ1v) is 7.07. The largest absolute Gasteiger partial charge is 0.341 e. The first-order valence-electron chi connectivity index (χ1n) is 6.70. The van der Waals surface area contributed by atoms with Crippen LogP contribution in [0.4, 0.5) is 14.5 Å². The number of carbonyl (C=O) groups is 2. The molecule has 0 saturated heterocycles. The van der Waals surface area contributed by atoms with Gasteiger partial charge in [0.1, 0.15) is 11.6 Å². The van der Waals surface area contributed by atoms with Gasteiger partial charge in [0.05, 0.1) is 11.7 Å². The molecular formula is C16H13ClF2N2O2. The number of hydrogen-bond donors (Lipinski definition) is 2. The van der Waals surface area contributed by atoms with Gasteiger partial charge < -0.3 is 10.6 Å². The zero-order valence-electron chi connectivity index (χ0n) is 12.1. The van der Waals surface area contributed by atoms with Crippen LogP contribution in [0.25, 0.3) is 0 Å². The second kappa shape index (κ2) is 7.19. The van der Waals surface area contributed by atoms with E-state index in [4.69, 9.17) is 11.6 Å². The molecule has 0 radical (unpaired) electrons. The molecule has 23 heavy (non-hydrogen) atoms. The van der Waals surface area contributed by atoms with E-state index in [2.05, 4.69) is 10.6 Å². The standard InChI is InChI=1S/C16H13ClF2N2O2/c1-9(11-7-6-10(18)8-12(11)17)20-15(22)16(23)21-14-5-3-2-4-13(14)19/h2-9H,1H3,(H,20,22)(H,21,23). The van der Waals surface area contributed by atoms with E-state index in [1.165, 1.54) is 30.3 Å². The van der Waals surface area contributed by atoms with Gasteiger partial charge in [-0.3, -0.25) is 9.59 Å². The van der Waals surface area contributed by atoms with Crippen LogP contribution in [0.1, 0.15) is 18.5 Å². The second-order valence-corrected chi connectivity index (χ2v) is 5.20. The van der Waals surface area contributed by atoms with Gasteiger partial charge in [-0.15, -0.1) is 0 Å². The zero-order valence-corrected chi connectivity index (χ0v) is 12.8. The molecule has 0 aliphatic heterocycles. The van der Waals surface area contributed by atoms with Crippen molar-refractivity contribution >= 4 is 29.1 Å². The van der Waals surface area contributed by atoms with E-state index in [9.17, 15) is 18.4 Å². The van der Waals surface area contributed by atoms with Crippen molar-refractivity contribution in [2.75, 3.05) is 5.32 Å². The van der Waals surface area contributed by atoms with Crippen molar-refractivity contribution in [1.29, 1.82) is 0 Å². The molecule has 0 heterocycles. The van der Waals surface area contributed by atoms with E-state index in [0.29, 0.717) is 5.56 Å². The maximum absolute atomic E-state index is 13.4. The summed E-state index contributed by atoms with van der Waals surface area (Å²) in [5, 5.41) is 4.72. The Balaban J connectivity index is 2.03. The lowest BCUT2D eigenvalue weighted by atomic mass is 10.1. The first-order chi connectivity index (χ1) is 10.9. The number of rotatable bonds is 3. The van der Waals surface area contributed by atoms with E-state index < -0.39 is 29.5 Å². The van der Waals surface area contributed by atoms with Crippen molar-refractivity contribution in [3.05, 3.63) is 64.7 Å². The van der Waals surface area contributed by atoms with Crippen molar-refractivity contribution in [2.45, 2.75) is 13.0 Å². The molecule has 2 N–H and O–H groups in total. The Morgan fingerprint density at radius 2 is 1.78 bits per heavy atom. The summed E-state index contributed by atoms with van der Waals surface area (Å²) in [5.74, 6) is -3.13. The third-order valence-corrected chi connectivity index (χ3v) is 3.43.